The molecule has 0 spiro atoms. The van der Waals surface area contributed by atoms with Gasteiger partial charge in [0.15, 0.2) is 0 Å². The smallest absolute Gasteiger partial charge is 0.0200 e. The molecular weight excluding hydrogens is 220 g/mol. The lowest BCUT2D eigenvalue weighted by Gasteiger charge is -2.20. The van der Waals surface area contributed by atoms with Gasteiger partial charge in [0.1, 0.15) is 0 Å². The molecule has 1 rings (SSSR count). The Morgan fingerprint density at radius 3 is 2.25 bits per heavy atom. The maximum absolute atomic E-state index is 3.61. The van der Waals surface area contributed by atoms with Gasteiger partial charge in [-0.3, -0.25) is 0 Å². The van der Waals surface area contributed by atoms with Crippen molar-refractivity contribution in [2.75, 3.05) is 57.8 Å². The SMILES string of the molecule is CSCCC1CNCCNCCNCCN1. The summed E-state index contributed by atoms with van der Waals surface area (Å²) in [4.78, 5) is 0. The van der Waals surface area contributed by atoms with Gasteiger partial charge in [-0.25, -0.2) is 0 Å². The summed E-state index contributed by atoms with van der Waals surface area (Å²) in [6.07, 6.45) is 3.43. The number of rotatable bonds is 3. The summed E-state index contributed by atoms with van der Waals surface area (Å²) in [6, 6.07) is 0.619. The van der Waals surface area contributed by atoms with E-state index in [0.717, 1.165) is 45.8 Å². The molecule has 1 fully saturated rings. The molecule has 1 unspecified atom stereocenters. The van der Waals surface area contributed by atoms with Crippen LogP contribution in [0.4, 0.5) is 0 Å². The van der Waals surface area contributed by atoms with Crippen molar-refractivity contribution in [1.82, 2.24) is 21.3 Å². The molecule has 16 heavy (non-hydrogen) atoms. The lowest BCUT2D eigenvalue weighted by Crippen LogP contribution is -2.45. The lowest BCUT2D eigenvalue weighted by atomic mass is 10.2. The summed E-state index contributed by atoms with van der Waals surface area (Å²) in [6.45, 7) is 7.49. The summed E-state index contributed by atoms with van der Waals surface area (Å²) in [5.41, 5.74) is 0. The highest BCUT2D eigenvalue weighted by Gasteiger charge is 2.07. The third-order valence-corrected chi connectivity index (χ3v) is 3.40. The molecule has 4 N–H and O–H groups in total. The maximum atomic E-state index is 3.61. The molecule has 0 aliphatic carbocycles. The third kappa shape index (κ3) is 7.46. The molecule has 0 amide bonds. The van der Waals surface area contributed by atoms with Crippen molar-refractivity contribution in [3.8, 4) is 0 Å². The van der Waals surface area contributed by atoms with Crippen molar-refractivity contribution in [2.45, 2.75) is 12.5 Å². The van der Waals surface area contributed by atoms with E-state index in [2.05, 4.69) is 27.5 Å². The van der Waals surface area contributed by atoms with Gasteiger partial charge in [-0.2, -0.15) is 11.8 Å². The Labute approximate surface area is 104 Å². The number of thioether (sulfide) groups is 1. The molecule has 1 aliphatic heterocycles. The van der Waals surface area contributed by atoms with Gasteiger partial charge in [-0.05, 0) is 18.4 Å². The Hall–Kier alpha value is 0.190. The Morgan fingerprint density at radius 1 is 0.938 bits per heavy atom. The first kappa shape index (κ1) is 14.3. The van der Waals surface area contributed by atoms with Crippen molar-refractivity contribution >= 4 is 11.8 Å². The van der Waals surface area contributed by atoms with Gasteiger partial charge in [0.25, 0.3) is 0 Å². The van der Waals surface area contributed by atoms with Crippen molar-refractivity contribution in [2.24, 2.45) is 0 Å². The highest BCUT2D eigenvalue weighted by Crippen LogP contribution is 1.99. The molecule has 0 bridgehead atoms. The number of hydrogen-bond acceptors (Lipinski definition) is 5. The van der Waals surface area contributed by atoms with E-state index in [1.807, 2.05) is 11.8 Å². The quantitative estimate of drug-likeness (QED) is 0.540. The molecule has 1 atom stereocenters. The van der Waals surface area contributed by atoms with Crippen LogP contribution in [0.5, 0.6) is 0 Å². The fourth-order valence-electron chi connectivity index (χ4n) is 1.78. The lowest BCUT2D eigenvalue weighted by molar-refractivity contribution is 0.446. The molecule has 1 heterocycles. The molecule has 0 aromatic heterocycles. The van der Waals surface area contributed by atoms with Crippen molar-refractivity contribution < 1.29 is 0 Å². The molecule has 4 nitrogen and oxygen atoms in total. The van der Waals surface area contributed by atoms with E-state index >= 15 is 0 Å². The van der Waals surface area contributed by atoms with Crippen LogP contribution in [0.3, 0.4) is 0 Å². The van der Waals surface area contributed by atoms with Crippen LogP contribution in [-0.2, 0) is 0 Å². The first-order valence-corrected chi connectivity index (χ1v) is 7.67. The Morgan fingerprint density at radius 2 is 1.56 bits per heavy atom. The summed E-state index contributed by atoms with van der Waals surface area (Å²) >= 11 is 1.93. The van der Waals surface area contributed by atoms with Crippen molar-refractivity contribution in [3.05, 3.63) is 0 Å². The zero-order valence-corrected chi connectivity index (χ0v) is 11.2. The minimum atomic E-state index is 0.619. The van der Waals surface area contributed by atoms with Crippen molar-refractivity contribution in [3.63, 3.8) is 0 Å². The summed E-state index contributed by atoms with van der Waals surface area (Å²) in [5.74, 6) is 1.24. The Bertz CT molecular complexity index is 145. The molecule has 0 aromatic carbocycles. The molecule has 96 valence electrons. The second-order valence-corrected chi connectivity index (χ2v) is 5.12. The van der Waals surface area contributed by atoms with E-state index in [1.165, 1.54) is 12.2 Å². The first-order chi connectivity index (χ1) is 7.93. The van der Waals surface area contributed by atoms with Gasteiger partial charge < -0.3 is 21.3 Å². The van der Waals surface area contributed by atoms with E-state index in [9.17, 15) is 0 Å². The standard InChI is InChI=1S/C11H26N4S/c1-16-9-2-11-10-14-6-5-12-3-4-13-7-8-15-11/h11-15H,2-10H2,1H3. The van der Waals surface area contributed by atoms with E-state index in [0.29, 0.717) is 6.04 Å². The predicted molar refractivity (Wildman–Crippen MR) is 73.4 cm³/mol. The average Bonchev–Trinajstić information content (AvgIpc) is 2.28. The largest absolute Gasteiger partial charge is 0.314 e. The second kappa shape index (κ2) is 10.4. The van der Waals surface area contributed by atoms with Gasteiger partial charge in [-0.15, -0.1) is 0 Å². The van der Waals surface area contributed by atoms with E-state index in [-0.39, 0.29) is 0 Å². The molecule has 1 aliphatic rings. The Kier molecular flexibility index (Phi) is 9.22. The van der Waals surface area contributed by atoms with Gasteiger partial charge in [-0.1, -0.05) is 0 Å². The maximum Gasteiger partial charge on any atom is 0.0200 e. The topological polar surface area (TPSA) is 48.1 Å². The molecule has 5 heteroatoms. The summed E-state index contributed by atoms with van der Waals surface area (Å²) in [7, 11) is 0. The monoisotopic (exact) mass is 246 g/mol. The molecule has 0 aromatic rings. The van der Waals surface area contributed by atoms with Crippen LogP contribution in [-0.4, -0.2) is 63.9 Å². The van der Waals surface area contributed by atoms with Gasteiger partial charge in [0, 0.05) is 51.9 Å². The molecule has 0 radical (unpaired) electrons. The van der Waals surface area contributed by atoms with Crippen LogP contribution in [0, 0.1) is 0 Å². The third-order valence-electron chi connectivity index (χ3n) is 2.75. The van der Waals surface area contributed by atoms with Crippen LogP contribution < -0.4 is 21.3 Å². The normalized spacial score (nSPS) is 25.7. The molecular formula is C11H26N4S. The number of nitrogens with one attached hydrogen (secondary N) is 4. The zero-order valence-electron chi connectivity index (χ0n) is 10.3. The highest BCUT2D eigenvalue weighted by molar-refractivity contribution is 7.98. The fourth-order valence-corrected chi connectivity index (χ4v) is 2.30. The van der Waals surface area contributed by atoms with Crippen LogP contribution in [0.2, 0.25) is 0 Å². The molecule has 0 saturated carbocycles. The van der Waals surface area contributed by atoms with E-state index in [1.54, 1.807) is 0 Å². The molecule has 1 saturated heterocycles. The van der Waals surface area contributed by atoms with Gasteiger partial charge >= 0.3 is 0 Å². The van der Waals surface area contributed by atoms with Gasteiger partial charge in [0.2, 0.25) is 0 Å². The predicted octanol–water partition coefficient (Wildman–Crippen LogP) is -0.520. The van der Waals surface area contributed by atoms with Crippen LogP contribution in [0.15, 0.2) is 0 Å². The minimum Gasteiger partial charge on any atom is -0.314 e. The highest BCUT2D eigenvalue weighted by atomic mass is 32.2. The van der Waals surface area contributed by atoms with Gasteiger partial charge in [0.05, 0.1) is 0 Å². The second-order valence-electron chi connectivity index (χ2n) is 4.14. The summed E-state index contributed by atoms with van der Waals surface area (Å²) in [5, 5.41) is 14.0. The first-order valence-electron chi connectivity index (χ1n) is 6.28. The van der Waals surface area contributed by atoms with Crippen molar-refractivity contribution in [1.29, 1.82) is 0 Å². The fraction of sp³-hybridized carbons (Fsp3) is 1.00. The van der Waals surface area contributed by atoms with Crippen LogP contribution in [0.1, 0.15) is 6.42 Å². The number of hydrogen-bond donors (Lipinski definition) is 4. The Balaban J connectivity index is 2.19. The van der Waals surface area contributed by atoms with Crippen LogP contribution in [0.25, 0.3) is 0 Å². The van der Waals surface area contributed by atoms with Crippen LogP contribution >= 0.6 is 11.8 Å². The summed E-state index contributed by atoms with van der Waals surface area (Å²) < 4.78 is 0. The minimum absolute atomic E-state index is 0.619. The van der Waals surface area contributed by atoms with E-state index < -0.39 is 0 Å². The van der Waals surface area contributed by atoms with E-state index in [4.69, 9.17) is 0 Å². The average molecular weight is 246 g/mol. The zero-order chi connectivity index (χ0) is 11.5.